The third-order valence-corrected chi connectivity index (χ3v) is 3.46. The van der Waals surface area contributed by atoms with Crippen LogP contribution in [0.2, 0.25) is 0 Å². The second-order valence-electron chi connectivity index (χ2n) is 5.71. The van der Waals surface area contributed by atoms with Gasteiger partial charge in [-0.05, 0) is 35.8 Å². The number of fused-ring (bicyclic) bond motifs is 1. The van der Waals surface area contributed by atoms with Gasteiger partial charge in [0.25, 0.3) is 0 Å². The standard InChI is InChI=1S/C15H20/c1-11-9-12-7-5-6-8-13(12)10-14(11)15(2,3)4/h5-9,14H,10H2,1-4H3. The summed E-state index contributed by atoms with van der Waals surface area (Å²) in [5, 5.41) is 0. The lowest BCUT2D eigenvalue weighted by Gasteiger charge is -2.35. The molecule has 0 nitrogen and oxygen atoms in total. The minimum Gasteiger partial charge on any atom is -0.0688 e. The summed E-state index contributed by atoms with van der Waals surface area (Å²) < 4.78 is 0. The molecule has 1 aromatic carbocycles. The van der Waals surface area contributed by atoms with Crippen molar-refractivity contribution in [2.45, 2.75) is 34.1 Å². The SMILES string of the molecule is CC1=Cc2ccccc2CC1C(C)(C)C. The van der Waals surface area contributed by atoms with Crippen LogP contribution in [0.3, 0.4) is 0 Å². The molecule has 0 fully saturated rings. The van der Waals surface area contributed by atoms with Crippen molar-refractivity contribution in [3.8, 4) is 0 Å². The minimum absolute atomic E-state index is 0.369. The number of hydrogen-bond acceptors (Lipinski definition) is 0. The molecule has 1 aliphatic rings. The molecule has 1 aromatic rings. The van der Waals surface area contributed by atoms with E-state index in [1.165, 1.54) is 23.1 Å². The van der Waals surface area contributed by atoms with E-state index >= 15 is 0 Å². The van der Waals surface area contributed by atoms with Crippen LogP contribution >= 0.6 is 0 Å². The Bertz CT molecular complexity index is 391. The van der Waals surface area contributed by atoms with Gasteiger partial charge in [0.05, 0.1) is 0 Å². The molecule has 0 bridgehead atoms. The van der Waals surface area contributed by atoms with Crippen molar-refractivity contribution in [2.24, 2.45) is 11.3 Å². The van der Waals surface area contributed by atoms with E-state index in [0.29, 0.717) is 11.3 Å². The summed E-state index contributed by atoms with van der Waals surface area (Å²) in [6, 6.07) is 8.75. The van der Waals surface area contributed by atoms with Crippen LogP contribution in [-0.2, 0) is 6.42 Å². The Balaban J connectivity index is 2.41. The first-order valence-corrected chi connectivity index (χ1v) is 5.74. The normalized spacial score (nSPS) is 20.8. The van der Waals surface area contributed by atoms with Gasteiger partial charge >= 0.3 is 0 Å². The predicted octanol–water partition coefficient (Wildman–Crippen LogP) is 4.31. The maximum Gasteiger partial charge on any atom is -0.0113 e. The lowest BCUT2D eigenvalue weighted by molar-refractivity contribution is 0.277. The molecule has 0 radical (unpaired) electrons. The molecule has 0 spiro atoms. The van der Waals surface area contributed by atoms with Crippen LogP contribution < -0.4 is 0 Å². The number of allylic oxidation sites excluding steroid dienone is 1. The molecule has 0 saturated carbocycles. The highest BCUT2D eigenvalue weighted by Gasteiger charge is 2.28. The average Bonchev–Trinajstić information content (AvgIpc) is 2.15. The molecule has 1 unspecified atom stereocenters. The van der Waals surface area contributed by atoms with E-state index in [2.05, 4.69) is 58.0 Å². The largest absolute Gasteiger partial charge is 0.0688 e. The molecule has 0 amide bonds. The van der Waals surface area contributed by atoms with Gasteiger partial charge in [-0.1, -0.05) is 56.7 Å². The summed E-state index contributed by atoms with van der Waals surface area (Å²) in [7, 11) is 0. The monoisotopic (exact) mass is 200 g/mol. The van der Waals surface area contributed by atoms with E-state index in [1.54, 1.807) is 0 Å². The van der Waals surface area contributed by atoms with Crippen molar-refractivity contribution >= 4 is 6.08 Å². The number of benzene rings is 1. The van der Waals surface area contributed by atoms with Crippen LogP contribution in [0.1, 0.15) is 38.8 Å². The molecule has 0 saturated heterocycles. The Morgan fingerprint density at radius 1 is 1.13 bits per heavy atom. The second kappa shape index (κ2) is 3.52. The van der Waals surface area contributed by atoms with Crippen molar-refractivity contribution in [3.05, 3.63) is 41.0 Å². The van der Waals surface area contributed by atoms with E-state index in [-0.39, 0.29) is 0 Å². The molecule has 2 rings (SSSR count). The third kappa shape index (κ3) is 1.99. The van der Waals surface area contributed by atoms with Gasteiger partial charge < -0.3 is 0 Å². The Labute approximate surface area is 93.0 Å². The minimum atomic E-state index is 0.369. The molecule has 0 heteroatoms. The van der Waals surface area contributed by atoms with Gasteiger partial charge in [-0.3, -0.25) is 0 Å². The summed E-state index contributed by atoms with van der Waals surface area (Å²) in [6.07, 6.45) is 3.55. The first-order valence-electron chi connectivity index (χ1n) is 5.74. The Morgan fingerprint density at radius 2 is 1.80 bits per heavy atom. The van der Waals surface area contributed by atoms with Gasteiger partial charge in [-0.15, -0.1) is 0 Å². The Hall–Kier alpha value is -1.04. The number of rotatable bonds is 0. The van der Waals surface area contributed by atoms with Gasteiger partial charge in [0, 0.05) is 0 Å². The quantitative estimate of drug-likeness (QED) is 0.585. The van der Waals surface area contributed by atoms with Crippen molar-refractivity contribution in [3.63, 3.8) is 0 Å². The van der Waals surface area contributed by atoms with Crippen LogP contribution in [0.5, 0.6) is 0 Å². The van der Waals surface area contributed by atoms with Crippen molar-refractivity contribution in [1.29, 1.82) is 0 Å². The van der Waals surface area contributed by atoms with Gasteiger partial charge in [0.1, 0.15) is 0 Å². The van der Waals surface area contributed by atoms with E-state index < -0.39 is 0 Å². The fourth-order valence-corrected chi connectivity index (χ4v) is 2.58. The molecular weight excluding hydrogens is 180 g/mol. The third-order valence-electron chi connectivity index (χ3n) is 3.46. The lowest BCUT2D eigenvalue weighted by atomic mass is 9.70. The van der Waals surface area contributed by atoms with E-state index in [1.807, 2.05) is 0 Å². The highest BCUT2D eigenvalue weighted by Crippen LogP contribution is 2.39. The van der Waals surface area contributed by atoms with Gasteiger partial charge in [0.2, 0.25) is 0 Å². The van der Waals surface area contributed by atoms with Gasteiger partial charge in [0.15, 0.2) is 0 Å². The van der Waals surface area contributed by atoms with Crippen LogP contribution in [0.15, 0.2) is 29.8 Å². The molecule has 80 valence electrons. The molecule has 0 aromatic heterocycles. The van der Waals surface area contributed by atoms with Crippen LogP contribution in [-0.4, -0.2) is 0 Å². The topological polar surface area (TPSA) is 0 Å². The van der Waals surface area contributed by atoms with Crippen molar-refractivity contribution in [2.75, 3.05) is 0 Å². The highest BCUT2D eigenvalue weighted by atomic mass is 14.3. The van der Waals surface area contributed by atoms with E-state index in [9.17, 15) is 0 Å². The lowest BCUT2D eigenvalue weighted by Crippen LogP contribution is -2.25. The zero-order valence-corrected chi connectivity index (χ0v) is 10.2. The molecule has 1 atom stereocenters. The summed E-state index contributed by atoms with van der Waals surface area (Å²) in [4.78, 5) is 0. The predicted molar refractivity (Wildman–Crippen MR) is 66.7 cm³/mol. The first kappa shape index (κ1) is 10.5. The molecule has 15 heavy (non-hydrogen) atoms. The molecule has 0 heterocycles. The van der Waals surface area contributed by atoms with Crippen LogP contribution in [0.25, 0.3) is 6.08 Å². The molecular formula is C15H20. The highest BCUT2D eigenvalue weighted by molar-refractivity contribution is 5.60. The van der Waals surface area contributed by atoms with Crippen molar-refractivity contribution < 1.29 is 0 Å². The van der Waals surface area contributed by atoms with Gasteiger partial charge in [-0.2, -0.15) is 0 Å². The zero-order valence-electron chi connectivity index (χ0n) is 10.2. The summed E-state index contributed by atoms with van der Waals surface area (Å²) in [5.41, 5.74) is 4.81. The van der Waals surface area contributed by atoms with Crippen LogP contribution in [0.4, 0.5) is 0 Å². The van der Waals surface area contributed by atoms with Crippen molar-refractivity contribution in [1.82, 2.24) is 0 Å². The average molecular weight is 200 g/mol. The summed E-state index contributed by atoms with van der Waals surface area (Å²) in [6.45, 7) is 9.28. The van der Waals surface area contributed by atoms with Crippen LogP contribution in [0, 0.1) is 11.3 Å². The van der Waals surface area contributed by atoms with E-state index in [0.717, 1.165) is 0 Å². The fraction of sp³-hybridized carbons (Fsp3) is 0.467. The maximum absolute atomic E-state index is 2.36. The smallest absolute Gasteiger partial charge is 0.0113 e. The summed E-state index contributed by atoms with van der Waals surface area (Å²) >= 11 is 0. The Kier molecular flexibility index (Phi) is 2.46. The maximum atomic E-state index is 2.36. The number of hydrogen-bond donors (Lipinski definition) is 0. The molecule has 0 aliphatic heterocycles. The van der Waals surface area contributed by atoms with E-state index in [4.69, 9.17) is 0 Å². The zero-order chi connectivity index (χ0) is 11.1. The second-order valence-corrected chi connectivity index (χ2v) is 5.71. The molecule has 1 aliphatic carbocycles. The first-order chi connectivity index (χ1) is 6.98. The fourth-order valence-electron chi connectivity index (χ4n) is 2.58. The Morgan fingerprint density at radius 3 is 2.47 bits per heavy atom. The van der Waals surface area contributed by atoms with Gasteiger partial charge in [-0.25, -0.2) is 0 Å². The molecule has 0 N–H and O–H groups in total. The summed E-state index contributed by atoms with van der Waals surface area (Å²) in [5.74, 6) is 0.687.